The molecule has 0 spiro atoms. The minimum absolute atomic E-state index is 0.108. The van der Waals surface area contributed by atoms with Crippen molar-refractivity contribution in [1.29, 1.82) is 0 Å². The lowest BCUT2D eigenvalue weighted by Gasteiger charge is -2.22. The van der Waals surface area contributed by atoms with Gasteiger partial charge >= 0.3 is 11.8 Å². The van der Waals surface area contributed by atoms with Crippen LogP contribution in [0.5, 0.6) is 5.88 Å². The van der Waals surface area contributed by atoms with Crippen LogP contribution in [-0.4, -0.2) is 20.9 Å². The SMILES string of the molecule is CC(C)(C)OC(=O)Oc1c(Cc2ccccc2)c(=O)n(C2=CCCC=C2)c(=O)n1Cc1ccccc1. The highest BCUT2D eigenvalue weighted by atomic mass is 16.7. The molecule has 7 nitrogen and oxygen atoms in total. The van der Waals surface area contributed by atoms with Gasteiger partial charge in [-0.2, -0.15) is 0 Å². The summed E-state index contributed by atoms with van der Waals surface area (Å²) in [6.45, 7) is 5.26. The first-order valence-corrected chi connectivity index (χ1v) is 12.0. The van der Waals surface area contributed by atoms with Crippen LogP contribution >= 0.6 is 0 Å². The number of rotatable bonds is 6. The standard InChI is InChI=1S/C29H30N2O5/c1-29(2,3)36-28(34)35-26-24(19-21-13-7-4-8-14-21)25(32)31(23-17-11-6-12-18-23)27(33)30(26)20-22-15-9-5-10-16-22/h4-5,7-11,13-18H,6,12,19-20H2,1-3H3. The topological polar surface area (TPSA) is 79.5 Å². The van der Waals surface area contributed by atoms with Gasteiger partial charge in [0.2, 0.25) is 5.88 Å². The van der Waals surface area contributed by atoms with E-state index in [-0.39, 0.29) is 24.4 Å². The summed E-state index contributed by atoms with van der Waals surface area (Å²) >= 11 is 0. The maximum Gasteiger partial charge on any atom is 0.515 e. The molecule has 0 saturated carbocycles. The summed E-state index contributed by atoms with van der Waals surface area (Å²) < 4.78 is 13.5. The number of hydrogen-bond donors (Lipinski definition) is 0. The summed E-state index contributed by atoms with van der Waals surface area (Å²) in [5.41, 5.74) is 0.444. The normalized spacial score (nSPS) is 13.2. The number of nitrogens with zero attached hydrogens (tertiary/aromatic N) is 2. The molecule has 2 aromatic carbocycles. The van der Waals surface area contributed by atoms with Crippen LogP contribution in [0, 0.1) is 0 Å². The van der Waals surface area contributed by atoms with Crippen molar-refractivity contribution >= 4 is 11.9 Å². The molecule has 0 N–H and O–H groups in total. The Hall–Kier alpha value is -4.13. The minimum Gasteiger partial charge on any atom is -0.428 e. The Morgan fingerprint density at radius 3 is 2.14 bits per heavy atom. The largest absolute Gasteiger partial charge is 0.515 e. The van der Waals surface area contributed by atoms with Gasteiger partial charge in [-0.3, -0.25) is 9.36 Å². The zero-order valence-electron chi connectivity index (χ0n) is 20.8. The van der Waals surface area contributed by atoms with Crippen LogP contribution in [0.1, 0.15) is 50.3 Å². The van der Waals surface area contributed by atoms with E-state index in [9.17, 15) is 14.4 Å². The van der Waals surface area contributed by atoms with Crippen molar-refractivity contribution in [2.45, 2.75) is 52.2 Å². The molecule has 4 rings (SSSR count). The fraction of sp³-hybridized carbons (Fsp3) is 0.276. The molecule has 0 fully saturated rings. The number of allylic oxidation sites excluding steroid dienone is 4. The van der Waals surface area contributed by atoms with Gasteiger partial charge in [0.25, 0.3) is 5.56 Å². The predicted molar refractivity (Wildman–Crippen MR) is 139 cm³/mol. The van der Waals surface area contributed by atoms with Gasteiger partial charge in [0.1, 0.15) is 5.60 Å². The van der Waals surface area contributed by atoms with Gasteiger partial charge in [0.05, 0.1) is 12.1 Å². The molecule has 36 heavy (non-hydrogen) atoms. The molecule has 0 radical (unpaired) electrons. The number of aromatic nitrogens is 2. The number of carbonyl (C=O) groups is 1. The van der Waals surface area contributed by atoms with Crippen LogP contribution in [-0.2, 0) is 17.7 Å². The average molecular weight is 487 g/mol. The van der Waals surface area contributed by atoms with Crippen molar-refractivity contribution in [1.82, 2.24) is 9.13 Å². The molecular formula is C29H30N2O5. The van der Waals surface area contributed by atoms with E-state index in [0.717, 1.165) is 24.0 Å². The van der Waals surface area contributed by atoms with Crippen molar-refractivity contribution < 1.29 is 14.3 Å². The molecule has 1 aliphatic rings. The van der Waals surface area contributed by atoms with E-state index >= 15 is 0 Å². The van der Waals surface area contributed by atoms with Crippen LogP contribution < -0.4 is 16.0 Å². The van der Waals surface area contributed by atoms with Crippen LogP contribution in [0.15, 0.2) is 88.5 Å². The van der Waals surface area contributed by atoms with E-state index in [1.165, 1.54) is 9.13 Å². The smallest absolute Gasteiger partial charge is 0.428 e. The van der Waals surface area contributed by atoms with E-state index in [2.05, 4.69) is 0 Å². The molecule has 0 unspecified atom stereocenters. The Labute approximate surface area is 209 Å². The van der Waals surface area contributed by atoms with E-state index in [4.69, 9.17) is 9.47 Å². The van der Waals surface area contributed by atoms with Crippen molar-refractivity contribution in [3.05, 3.63) is 116 Å². The fourth-order valence-corrected chi connectivity index (χ4v) is 4.00. The zero-order valence-corrected chi connectivity index (χ0v) is 20.8. The lowest BCUT2D eigenvalue weighted by Crippen LogP contribution is -2.43. The summed E-state index contributed by atoms with van der Waals surface area (Å²) in [6.07, 6.45) is 6.34. The van der Waals surface area contributed by atoms with Gasteiger partial charge in [-0.1, -0.05) is 72.8 Å². The number of ether oxygens (including phenoxy) is 2. The van der Waals surface area contributed by atoms with E-state index in [1.54, 1.807) is 26.8 Å². The highest BCUT2D eigenvalue weighted by molar-refractivity contribution is 5.65. The van der Waals surface area contributed by atoms with Gasteiger partial charge in [-0.05, 0) is 50.8 Å². The maximum absolute atomic E-state index is 13.8. The Balaban J connectivity index is 1.96. The molecule has 0 bridgehead atoms. The molecule has 0 aliphatic heterocycles. The predicted octanol–water partition coefficient (Wildman–Crippen LogP) is 5.15. The number of hydrogen-bond acceptors (Lipinski definition) is 5. The quantitative estimate of drug-likeness (QED) is 0.450. The zero-order chi connectivity index (χ0) is 25.7. The van der Waals surface area contributed by atoms with Crippen molar-refractivity contribution in [3.63, 3.8) is 0 Å². The summed E-state index contributed by atoms with van der Waals surface area (Å²) in [7, 11) is 0. The third kappa shape index (κ3) is 5.92. The first kappa shape index (κ1) is 25.0. The Bertz CT molecular complexity index is 1330. The molecule has 0 amide bonds. The van der Waals surface area contributed by atoms with Crippen LogP contribution in [0.3, 0.4) is 0 Å². The van der Waals surface area contributed by atoms with E-state index in [1.807, 2.05) is 72.8 Å². The monoisotopic (exact) mass is 486 g/mol. The van der Waals surface area contributed by atoms with Gasteiger partial charge in [-0.15, -0.1) is 0 Å². The molecule has 1 heterocycles. The number of carbonyl (C=O) groups excluding carboxylic acids is 1. The Morgan fingerprint density at radius 2 is 1.56 bits per heavy atom. The Kier molecular flexibility index (Phi) is 7.38. The summed E-state index contributed by atoms with van der Waals surface area (Å²) in [6, 6.07) is 18.7. The van der Waals surface area contributed by atoms with E-state index in [0.29, 0.717) is 5.70 Å². The first-order valence-electron chi connectivity index (χ1n) is 12.0. The molecule has 0 atom stereocenters. The molecule has 1 aliphatic carbocycles. The molecule has 3 aromatic rings. The van der Waals surface area contributed by atoms with Crippen molar-refractivity contribution in [2.75, 3.05) is 0 Å². The molecule has 0 saturated heterocycles. The summed E-state index contributed by atoms with van der Waals surface area (Å²) in [5.74, 6) is -0.108. The van der Waals surface area contributed by atoms with Crippen LogP contribution in [0.4, 0.5) is 4.79 Å². The first-order chi connectivity index (χ1) is 17.2. The molecular weight excluding hydrogens is 456 g/mol. The summed E-state index contributed by atoms with van der Waals surface area (Å²) in [5, 5.41) is 0. The fourth-order valence-electron chi connectivity index (χ4n) is 4.00. The Morgan fingerprint density at radius 1 is 0.917 bits per heavy atom. The van der Waals surface area contributed by atoms with Gasteiger partial charge in [-0.25, -0.2) is 14.2 Å². The van der Waals surface area contributed by atoms with Gasteiger partial charge in [0, 0.05) is 12.1 Å². The number of benzene rings is 2. The molecule has 186 valence electrons. The van der Waals surface area contributed by atoms with Crippen LogP contribution in [0.2, 0.25) is 0 Å². The second-order valence-electron chi connectivity index (χ2n) is 9.62. The van der Waals surface area contributed by atoms with E-state index < -0.39 is 23.0 Å². The highest BCUT2D eigenvalue weighted by Crippen LogP contribution is 2.22. The van der Waals surface area contributed by atoms with Gasteiger partial charge in [0.15, 0.2) is 0 Å². The highest BCUT2D eigenvalue weighted by Gasteiger charge is 2.27. The summed E-state index contributed by atoms with van der Waals surface area (Å²) in [4.78, 5) is 40.4. The average Bonchev–Trinajstić information content (AvgIpc) is 2.85. The van der Waals surface area contributed by atoms with Crippen LogP contribution in [0.25, 0.3) is 5.70 Å². The lowest BCUT2D eigenvalue weighted by molar-refractivity contribution is 0.0184. The second kappa shape index (κ2) is 10.6. The third-order valence-electron chi connectivity index (χ3n) is 5.60. The molecule has 7 heteroatoms. The minimum atomic E-state index is -0.980. The second-order valence-corrected chi connectivity index (χ2v) is 9.62. The van der Waals surface area contributed by atoms with Crippen molar-refractivity contribution in [3.8, 4) is 5.88 Å². The van der Waals surface area contributed by atoms with Gasteiger partial charge < -0.3 is 9.47 Å². The maximum atomic E-state index is 13.8. The molecule has 1 aromatic heterocycles. The van der Waals surface area contributed by atoms with Crippen molar-refractivity contribution in [2.24, 2.45) is 0 Å². The third-order valence-corrected chi connectivity index (χ3v) is 5.60. The lowest BCUT2D eigenvalue weighted by atomic mass is 10.1.